The van der Waals surface area contributed by atoms with Crippen LogP contribution in [-0.4, -0.2) is 24.3 Å². The average Bonchev–Trinajstić information content (AvgIpc) is 2.31. The van der Waals surface area contributed by atoms with Gasteiger partial charge in [0.2, 0.25) is 0 Å². The van der Waals surface area contributed by atoms with Crippen molar-refractivity contribution in [1.82, 2.24) is 0 Å². The average molecular weight is 242 g/mol. The lowest BCUT2D eigenvalue weighted by molar-refractivity contribution is -0.133. The van der Waals surface area contributed by atoms with Crippen LogP contribution >= 0.6 is 0 Å². The first kappa shape index (κ1) is 16.2. The second-order valence-electron chi connectivity index (χ2n) is 4.18. The Balaban J connectivity index is 3.75. The van der Waals surface area contributed by atoms with Gasteiger partial charge in [0.1, 0.15) is 0 Å². The van der Waals surface area contributed by atoms with E-state index in [1.165, 1.54) is 25.7 Å². The number of aliphatic carboxylic acids is 1. The minimum absolute atomic E-state index is 0.494. The molecule has 0 bridgehead atoms. The molecule has 0 heterocycles. The maximum Gasteiger partial charge on any atom is 0.331 e. The summed E-state index contributed by atoms with van der Waals surface area (Å²) in [6.07, 6.45) is 9.30. The van der Waals surface area contributed by atoms with Crippen molar-refractivity contribution in [2.24, 2.45) is 0 Å². The molecule has 0 fully saturated rings. The van der Waals surface area contributed by atoms with Gasteiger partial charge in [0, 0.05) is 18.6 Å². The van der Waals surface area contributed by atoms with Crippen LogP contribution in [0.1, 0.15) is 58.8 Å². The number of ether oxygens (including phenoxy) is 1. The Kier molecular flexibility index (Phi) is 11.1. The van der Waals surface area contributed by atoms with Gasteiger partial charge in [-0.15, -0.1) is 0 Å². The van der Waals surface area contributed by atoms with Crippen molar-refractivity contribution >= 4 is 5.97 Å². The second kappa shape index (κ2) is 11.6. The quantitative estimate of drug-likeness (QED) is 0.443. The highest BCUT2D eigenvalue weighted by Gasteiger charge is 2.05. The summed E-state index contributed by atoms with van der Waals surface area (Å²) in [6.45, 7) is 5.25. The molecule has 0 amide bonds. The van der Waals surface area contributed by atoms with Gasteiger partial charge in [0.05, 0.1) is 6.61 Å². The van der Waals surface area contributed by atoms with Gasteiger partial charge in [-0.1, -0.05) is 38.7 Å². The van der Waals surface area contributed by atoms with Gasteiger partial charge in [-0.25, -0.2) is 4.79 Å². The lowest BCUT2D eigenvalue weighted by Crippen LogP contribution is -2.05. The molecule has 0 unspecified atom stereocenters. The number of carboxylic acids is 1. The molecule has 0 radical (unpaired) electrons. The van der Waals surface area contributed by atoms with Gasteiger partial charge in [0.15, 0.2) is 0 Å². The number of carbonyl (C=O) groups is 1. The lowest BCUT2D eigenvalue weighted by Gasteiger charge is -2.03. The van der Waals surface area contributed by atoms with E-state index in [1.54, 1.807) is 0 Å². The third kappa shape index (κ3) is 10.1. The van der Waals surface area contributed by atoms with Crippen LogP contribution in [0.3, 0.4) is 0 Å². The van der Waals surface area contributed by atoms with Crippen molar-refractivity contribution in [3.05, 3.63) is 11.6 Å². The van der Waals surface area contributed by atoms with Crippen molar-refractivity contribution in [3.8, 4) is 0 Å². The molecule has 3 heteroatoms. The summed E-state index contributed by atoms with van der Waals surface area (Å²) in [5.41, 5.74) is 0.494. The lowest BCUT2D eigenvalue weighted by atomic mass is 10.1. The van der Waals surface area contributed by atoms with E-state index in [4.69, 9.17) is 9.84 Å². The Labute approximate surface area is 105 Å². The monoisotopic (exact) mass is 242 g/mol. The Bertz CT molecular complexity index is 222. The van der Waals surface area contributed by atoms with E-state index in [1.807, 2.05) is 13.0 Å². The molecule has 0 aliphatic heterocycles. The molecule has 0 aliphatic rings. The van der Waals surface area contributed by atoms with Crippen LogP contribution in [0.15, 0.2) is 11.6 Å². The molecule has 3 nitrogen and oxygen atoms in total. The molecule has 0 rings (SSSR count). The fourth-order valence-corrected chi connectivity index (χ4v) is 1.65. The summed E-state index contributed by atoms with van der Waals surface area (Å²) in [5.74, 6) is -0.807. The van der Waals surface area contributed by atoms with Crippen LogP contribution < -0.4 is 0 Å². The fourth-order valence-electron chi connectivity index (χ4n) is 1.65. The summed E-state index contributed by atoms with van der Waals surface area (Å²) >= 11 is 0. The molecule has 100 valence electrons. The van der Waals surface area contributed by atoms with Gasteiger partial charge in [-0.2, -0.15) is 0 Å². The fraction of sp³-hybridized carbons (Fsp3) is 0.786. The van der Waals surface area contributed by atoms with Crippen molar-refractivity contribution in [3.63, 3.8) is 0 Å². The van der Waals surface area contributed by atoms with Crippen LogP contribution in [0.2, 0.25) is 0 Å². The third-order valence-electron chi connectivity index (χ3n) is 2.69. The smallest absolute Gasteiger partial charge is 0.331 e. The first-order chi connectivity index (χ1) is 8.22. The Morgan fingerprint density at radius 3 is 2.47 bits per heavy atom. The van der Waals surface area contributed by atoms with E-state index in [0.29, 0.717) is 25.2 Å². The van der Waals surface area contributed by atoms with Crippen LogP contribution in [0, 0.1) is 0 Å². The Morgan fingerprint density at radius 2 is 1.88 bits per heavy atom. The number of hydrogen-bond donors (Lipinski definition) is 1. The SMILES string of the molecule is CCCCCCC/C=C(\CCOCC)C(=O)O. The largest absolute Gasteiger partial charge is 0.478 e. The van der Waals surface area contributed by atoms with Crippen molar-refractivity contribution in [2.45, 2.75) is 58.8 Å². The topological polar surface area (TPSA) is 46.5 Å². The van der Waals surface area contributed by atoms with Crippen molar-refractivity contribution < 1.29 is 14.6 Å². The number of allylic oxidation sites excluding steroid dienone is 1. The van der Waals surface area contributed by atoms with E-state index in [9.17, 15) is 4.79 Å². The molecule has 0 aromatic carbocycles. The second-order valence-corrected chi connectivity index (χ2v) is 4.18. The highest BCUT2D eigenvalue weighted by atomic mass is 16.5. The number of carboxylic acid groups (broad SMARTS) is 1. The molecule has 1 N–H and O–H groups in total. The molecule has 0 saturated carbocycles. The van der Waals surface area contributed by atoms with E-state index >= 15 is 0 Å². The zero-order chi connectivity index (χ0) is 12.9. The molecule has 0 spiro atoms. The van der Waals surface area contributed by atoms with E-state index in [-0.39, 0.29) is 0 Å². The van der Waals surface area contributed by atoms with Gasteiger partial charge < -0.3 is 9.84 Å². The Morgan fingerprint density at radius 1 is 1.18 bits per heavy atom. The van der Waals surface area contributed by atoms with Gasteiger partial charge in [0.25, 0.3) is 0 Å². The predicted octanol–water partition coefficient (Wildman–Crippen LogP) is 3.78. The van der Waals surface area contributed by atoms with Crippen LogP contribution in [0.25, 0.3) is 0 Å². The van der Waals surface area contributed by atoms with Gasteiger partial charge in [-0.05, 0) is 19.8 Å². The number of unbranched alkanes of at least 4 members (excludes halogenated alkanes) is 5. The molecule has 0 saturated heterocycles. The summed E-state index contributed by atoms with van der Waals surface area (Å²) in [7, 11) is 0. The molecular formula is C14H26O3. The normalized spacial score (nSPS) is 11.8. The molecule has 0 atom stereocenters. The molecule has 0 aromatic rings. The first-order valence-corrected chi connectivity index (χ1v) is 6.72. The zero-order valence-electron chi connectivity index (χ0n) is 11.2. The summed E-state index contributed by atoms with van der Waals surface area (Å²) < 4.78 is 5.17. The minimum Gasteiger partial charge on any atom is -0.478 e. The van der Waals surface area contributed by atoms with Crippen LogP contribution in [-0.2, 0) is 9.53 Å². The van der Waals surface area contributed by atoms with Gasteiger partial charge >= 0.3 is 5.97 Å². The Hall–Kier alpha value is -0.830. The van der Waals surface area contributed by atoms with Gasteiger partial charge in [-0.3, -0.25) is 0 Å². The summed E-state index contributed by atoms with van der Waals surface area (Å²) in [4.78, 5) is 10.9. The van der Waals surface area contributed by atoms with Crippen molar-refractivity contribution in [1.29, 1.82) is 0 Å². The van der Waals surface area contributed by atoms with Crippen LogP contribution in [0.5, 0.6) is 0 Å². The standard InChI is InChI=1S/C14H26O3/c1-3-5-6-7-8-9-10-13(14(15)16)11-12-17-4-2/h10H,3-9,11-12H2,1-2H3,(H,15,16)/b13-10+. The number of rotatable bonds is 11. The maximum absolute atomic E-state index is 10.9. The van der Waals surface area contributed by atoms with E-state index in [2.05, 4.69) is 6.92 Å². The molecule has 17 heavy (non-hydrogen) atoms. The maximum atomic E-state index is 10.9. The third-order valence-corrected chi connectivity index (χ3v) is 2.69. The van der Waals surface area contributed by atoms with E-state index < -0.39 is 5.97 Å². The zero-order valence-corrected chi connectivity index (χ0v) is 11.2. The summed E-state index contributed by atoms with van der Waals surface area (Å²) in [6, 6.07) is 0. The highest BCUT2D eigenvalue weighted by molar-refractivity contribution is 5.86. The van der Waals surface area contributed by atoms with Crippen LogP contribution in [0.4, 0.5) is 0 Å². The molecule has 0 aromatic heterocycles. The minimum atomic E-state index is -0.807. The van der Waals surface area contributed by atoms with Crippen molar-refractivity contribution in [2.75, 3.05) is 13.2 Å². The predicted molar refractivity (Wildman–Crippen MR) is 70.2 cm³/mol. The number of hydrogen-bond acceptors (Lipinski definition) is 2. The summed E-state index contributed by atoms with van der Waals surface area (Å²) in [5, 5.41) is 8.99. The van der Waals surface area contributed by atoms with E-state index in [0.717, 1.165) is 12.8 Å². The highest BCUT2D eigenvalue weighted by Crippen LogP contribution is 2.09. The molecule has 0 aliphatic carbocycles. The molecular weight excluding hydrogens is 216 g/mol. The first-order valence-electron chi connectivity index (χ1n) is 6.72.